The average molecular weight is 473 g/mol. The summed E-state index contributed by atoms with van der Waals surface area (Å²) in [5, 5.41) is 3.34. The van der Waals surface area contributed by atoms with Crippen molar-refractivity contribution < 1.29 is 17.9 Å². The van der Waals surface area contributed by atoms with Gasteiger partial charge in [0.2, 0.25) is 15.9 Å². The molecule has 0 aromatic heterocycles. The van der Waals surface area contributed by atoms with Gasteiger partial charge in [-0.15, -0.1) is 0 Å². The Hall–Kier alpha value is -1.96. The minimum atomic E-state index is -3.70. The number of hydrogen-bond donors (Lipinski definition) is 1. The third-order valence-electron chi connectivity index (χ3n) is 4.20. The predicted molar refractivity (Wildman–Crippen MR) is 122 cm³/mol. The predicted octanol–water partition coefficient (Wildman–Crippen LogP) is 4.30. The molecular weight excluding hydrogens is 447 g/mol. The second-order valence-corrected chi connectivity index (χ2v) is 9.59. The lowest BCUT2D eigenvalue weighted by molar-refractivity contribution is -0.119. The van der Waals surface area contributed by atoms with Gasteiger partial charge in [-0.25, -0.2) is 8.42 Å². The number of rotatable bonds is 11. The molecule has 0 aliphatic carbocycles. The number of halogens is 2. The lowest BCUT2D eigenvalue weighted by Crippen LogP contribution is -2.40. The number of carbonyl (C=O) groups excluding carboxylic acids is 1. The Balaban J connectivity index is 1.93. The van der Waals surface area contributed by atoms with Crippen LogP contribution in [0.15, 0.2) is 42.5 Å². The van der Waals surface area contributed by atoms with Crippen molar-refractivity contribution in [2.45, 2.75) is 26.2 Å². The van der Waals surface area contributed by atoms with Crippen LogP contribution in [0.4, 0.5) is 5.69 Å². The molecule has 1 amide bonds. The van der Waals surface area contributed by atoms with Crippen LogP contribution in [0.25, 0.3) is 0 Å². The van der Waals surface area contributed by atoms with E-state index in [0.717, 1.165) is 34.7 Å². The van der Waals surface area contributed by atoms with Crippen LogP contribution in [0.2, 0.25) is 10.0 Å². The molecular formula is C21H26Cl2N2O4S. The fourth-order valence-electron chi connectivity index (χ4n) is 2.84. The summed E-state index contributed by atoms with van der Waals surface area (Å²) in [6, 6.07) is 12.2. The maximum Gasteiger partial charge on any atom is 0.240 e. The lowest BCUT2D eigenvalue weighted by Gasteiger charge is -2.22. The molecule has 164 valence electrons. The van der Waals surface area contributed by atoms with Gasteiger partial charge in [-0.05, 0) is 49.1 Å². The summed E-state index contributed by atoms with van der Waals surface area (Å²) in [6.45, 7) is 2.76. The molecule has 0 radical (unpaired) electrons. The summed E-state index contributed by atoms with van der Waals surface area (Å²) in [5.41, 5.74) is 1.32. The number of anilines is 1. The highest BCUT2D eigenvalue weighted by Gasteiger charge is 2.21. The first-order valence-electron chi connectivity index (χ1n) is 9.62. The van der Waals surface area contributed by atoms with Crippen molar-refractivity contribution in [3.05, 3.63) is 58.1 Å². The van der Waals surface area contributed by atoms with E-state index in [0.29, 0.717) is 19.6 Å². The van der Waals surface area contributed by atoms with Gasteiger partial charge in [-0.3, -0.25) is 9.10 Å². The second-order valence-electron chi connectivity index (χ2n) is 6.81. The van der Waals surface area contributed by atoms with Gasteiger partial charge in [0.15, 0.2) is 0 Å². The Kier molecular flexibility index (Phi) is 9.27. The van der Waals surface area contributed by atoms with Crippen molar-refractivity contribution >= 4 is 44.8 Å². The summed E-state index contributed by atoms with van der Waals surface area (Å²) in [6.07, 6.45) is 3.39. The summed E-state index contributed by atoms with van der Waals surface area (Å²) >= 11 is 11.9. The third kappa shape index (κ3) is 7.70. The van der Waals surface area contributed by atoms with Crippen LogP contribution in [0.5, 0.6) is 5.75 Å². The first-order valence-corrected chi connectivity index (χ1v) is 12.2. The Morgan fingerprint density at radius 1 is 1.13 bits per heavy atom. The van der Waals surface area contributed by atoms with Crippen LogP contribution < -0.4 is 14.4 Å². The van der Waals surface area contributed by atoms with Crippen molar-refractivity contribution in [3.8, 4) is 5.75 Å². The van der Waals surface area contributed by atoms with E-state index in [9.17, 15) is 13.2 Å². The maximum atomic E-state index is 12.4. The van der Waals surface area contributed by atoms with Crippen LogP contribution in [0.1, 0.15) is 25.3 Å². The number of para-hydroxylation sites is 1. The van der Waals surface area contributed by atoms with Gasteiger partial charge in [-0.1, -0.05) is 48.3 Å². The van der Waals surface area contributed by atoms with Crippen molar-refractivity contribution in [3.63, 3.8) is 0 Å². The fraction of sp³-hybridized carbons (Fsp3) is 0.381. The summed E-state index contributed by atoms with van der Waals surface area (Å²) in [4.78, 5) is 12.4. The Labute approximate surface area is 188 Å². The smallest absolute Gasteiger partial charge is 0.240 e. The van der Waals surface area contributed by atoms with Crippen molar-refractivity contribution in [2.75, 3.05) is 30.3 Å². The van der Waals surface area contributed by atoms with E-state index in [1.54, 1.807) is 0 Å². The van der Waals surface area contributed by atoms with Crippen molar-refractivity contribution in [1.82, 2.24) is 5.32 Å². The normalized spacial score (nSPS) is 11.2. The standard InChI is InChI=1S/C21H26Cl2N2O4S/c1-3-11-29-20-9-5-4-7-16(20)8-6-10-24-21(26)15-25(30(2,27)28)19-13-17(22)12-18(23)14-19/h4-5,7,9,12-14H,3,6,8,10-11,15H2,1-2H3,(H,24,26). The summed E-state index contributed by atoms with van der Waals surface area (Å²) < 4.78 is 31.1. The van der Waals surface area contributed by atoms with Crippen LogP contribution in [-0.2, 0) is 21.2 Å². The number of carbonyl (C=O) groups is 1. The quantitative estimate of drug-likeness (QED) is 0.494. The monoisotopic (exact) mass is 472 g/mol. The molecule has 2 aromatic carbocycles. The Bertz CT molecular complexity index is 947. The number of nitrogens with zero attached hydrogens (tertiary/aromatic N) is 1. The molecule has 0 saturated heterocycles. The first-order chi connectivity index (χ1) is 14.2. The van der Waals surface area contributed by atoms with Gasteiger partial charge in [-0.2, -0.15) is 0 Å². The Morgan fingerprint density at radius 2 is 1.80 bits per heavy atom. The molecule has 0 saturated carbocycles. The van der Waals surface area contributed by atoms with E-state index in [1.807, 2.05) is 24.3 Å². The number of sulfonamides is 1. The zero-order valence-electron chi connectivity index (χ0n) is 17.0. The van der Waals surface area contributed by atoms with E-state index >= 15 is 0 Å². The molecule has 2 aromatic rings. The number of hydrogen-bond acceptors (Lipinski definition) is 4. The van der Waals surface area contributed by atoms with E-state index in [4.69, 9.17) is 27.9 Å². The number of nitrogens with one attached hydrogen (secondary N) is 1. The van der Waals surface area contributed by atoms with Gasteiger partial charge >= 0.3 is 0 Å². The largest absolute Gasteiger partial charge is 0.493 e. The lowest BCUT2D eigenvalue weighted by atomic mass is 10.1. The minimum absolute atomic E-state index is 0.243. The molecule has 0 bridgehead atoms. The molecule has 2 rings (SSSR count). The highest BCUT2D eigenvalue weighted by molar-refractivity contribution is 7.92. The van der Waals surface area contributed by atoms with E-state index in [1.165, 1.54) is 18.2 Å². The van der Waals surface area contributed by atoms with Crippen molar-refractivity contribution in [1.29, 1.82) is 0 Å². The van der Waals surface area contributed by atoms with Gasteiger partial charge in [0, 0.05) is 16.6 Å². The minimum Gasteiger partial charge on any atom is -0.493 e. The van der Waals surface area contributed by atoms with E-state index < -0.39 is 15.9 Å². The molecule has 30 heavy (non-hydrogen) atoms. The van der Waals surface area contributed by atoms with Gasteiger partial charge in [0.25, 0.3) is 0 Å². The van der Waals surface area contributed by atoms with E-state index in [-0.39, 0.29) is 22.3 Å². The van der Waals surface area contributed by atoms with Crippen LogP contribution in [0.3, 0.4) is 0 Å². The van der Waals surface area contributed by atoms with Gasteiger partial charge in [0.05, 0.1) is 18.6 Å². The third-order valence-corrected chi connectivity index (χ3v) is 5.78. The molecule has 0 heterocycles. The molecule has 1 N–H and O–H groups in total. The molecule has 0 unspecified atom stereocenters. The maximum absolute atomic E-state index is 12.4. The van der Waals surface area contributed by atoms with Crippen molar-refractivity contribution in [2.24, 2.45) is 0 Å². The number of ether oxygens (including phenoxy) is 1. The summed E-state index contributed by atoms with van der Waals surface area (Å²) in [7, 11) is -3.70. The molecule has 9 heteroatoms. The van der Waals surface area contributed by atoms with Gasteiger partial charge < -0.3 is 10.1 Å². The highest BCUT2D eigenvalue weighted by Crippen LogP contribution is 2.27. The molecule has 0 fully saturated rings. The number of aryl methyl sites for hydroxylation is 1. The van der Waals surface area contributed by atoms with Crippen LogP contribution >= 0.6 is 23.2 Å². The number of amides is 1. The second kappa shape index (κ2) is 11.4. The Morgan fingerprint density at radius 3 is 2.43 bits per heavy atom. The van der Waals surface area contributed by atoms with Crippen LogP contribution in [-0.4, -0.2) is 40.3 Å². The first kappa shape index (κ1) is 24.3. The number of benzene rings is 2. The molecule has 0 aliphatic rings. The van der Waals surface area contributed by atoms with E-state index in [2.05, 4.69) is 12.2 Å². The highest BCUT2D eigenvalue weighted by atomic mass is 35.5. The molecule has 0 spiro atoms. The topological polar surface area (TPSA) is 75.7 Å². The van der Waals surface area contributed by atoms with Gasteiger partial charge in [0.1, 0.15) is 12.3 Å². The zero-order valence-corrected chi connectivity index (χ0v) is 19.4. The molecule has 0 aliphatic heterocycles. The summed E-state index contributed by atoms with van der Waals surface area (Å²) in [5.74, 6) is 0.443. The van der Waals surface area contributed by atoms with Crippen LogP contribution in [0, 0.1) is 0 Å². The fourth-order valence-corrected chi connectivity index (χ4v) is 4.19. The average Bonchev–Trinajstić information content (AvgIpc) is 2.67. The SMILES string of the molecule is CCCOc1ccccc1CCCNC(=O)CN(c1cc(Cl)cc(Cl)c1)S(C)(=O)=O. The molecule has 6 nitrogen and oxygen atoms in total. The molecule has 0 atom stereocenters. The zero-order chi connectivity index (χ0) is 22.1.